The molecular formula is C21H22N4O2S. The fraction of sp³-hybridized carbons (Fsp3) is 0.286. The lowest BCUT2D eigenvalue weighted by molar-refractivity contribution is 0.225. The van der Waals surface area contributed by atoms with Crippen LogP contribution in [0.15, 0.2) is 53.7 Å². The molecule has 1 aliphatic heterocycles. The van der Waals surface area contributed by atoms with Crippen molar-refractivity contribution in [3.05, 3.63) is 54.1 Å². The Labute approximate surface area is 168 Å². The maximum Gasteiger partial charge on any atom is 0.247 e. The van der Waals surface area contributed by atoms with E-state index in [1.54, 1.807) is 18.9 Å². The Hall–Kier alpha value is -2.80. The van der Waals surface area contributed by atoms with Crippen molar-refractivity contribution in [1.29, 1.82) is 0 Å². The molecule has 0 radical (unpaired) electrons. The number of aromatic nitrogens is 3. The standard InChI is InChI=1S/C21H22N4O2S/c1-3-4-13-28-21-23-20-18(24-25-21)16-7-5-6-8-17(16)22-19(27-20)14-9-11-15(26-2)12-10-14/h5-12,19,22H,3-4,13H2,1-2H3/t19-/m1/s1. The SMILES string of the molecule is CCCCSc1nnc2c(n1)O[C@H](c1ccc(OC)cc1)Nc1ccccc1-2. The smallest absolute Gasteiger partial charge is 0.247 e. The number of fused-ring (bicyclic) bond motifs is 3. The third-order valence-electron chi connectivity index (χ3n) is 4.48. The molecule has 0 spiro atoms. The number of hydrogen-bond acceptors (Lipinski definition) is 7. The van der Waals surface area contributed by atoms with Crippen LogP contribution in [0.5, 0.6) is 11.6 Å². The molecular weight excluding hydrogens is 372 g/mol. The summed E-state index contributed by atoms with van der Waals surface area (Å²) < 4.78 is 11.5. The summed E-state index contributed by atoms with van der Waals surface area (Å²) in [7, 11) is 1.65. The minimum atomic E-state index is -0.390. The Kier molecular flexibility index (Phi) is 5.62. The quantitative estimate of drug-likeness (QED) is 0.469. The van der Waals surface area contributed by atoms with Crippen LogP contribution in [0.3, 0.4) is 0 Å². The van der Waals surface area contributed by atoms with Gasteiger partial charge in [-0.25, -0.2) is 0 Å². The van der Waals surface area contributed by atoms with Crippen molar-refractivity contribution in [3.8, 4) is 22.9 Å². The van der Waals surface area contributed by atoms with Crippen molar-refractivity contribution in [2.45, 2.75) is 31.1 Å². The van der Waals surface area contributed by atoms with E-state index in [1.165, 1.54) is 0 Å². The first-order chi connectivity index (χ1) is 13.8. The molecule has 0 saturated heterocycles. The summed E-state index contributed by atoms with van der Waals surface area (Å²) >= 11 is 1.61. The molecule has 28 heavy (non-hydrogen) atoms. The number of benzene rings is 2. The highest BCUT2D eigenvalue weighted by Crippen LogP contribution is 2.39. The van der Waals surface area contributed by atoms with E-state index in [9.17, 15) is 0 Å². The van der Waals surface area contributed by atoms with E-state index in [2.05, 4.69) is 27.4 Å². The second-order valence-electron chi connectivity index (χ2n) is 6.41. The molecule has 2 heterocycles. The molecule has 144 valence electrons. The fourth-order valence-electron chi connectivity index (χ4n) is 2.95. The zero-order valence-electron chi connectivity index (χ0n) is 15.9. The molecule has 0 bridgehead atoms. The van der Waals surface area contributed by atoms with Crippen LogP contribution in [0.4, 0.5) is 5.69 Å². The number of methoxy groups -OCH3 is 1. The lowest BCUT2D eigenvalue weighted by atomic mass is 10.1. The van der Waals surface area contributed by atoms with E-state index in [0.29, 0.717) is 16.7 Å². The second-order valence-corrected chi connectivity index (χ2v) is 7.47. The van der Waals surface area contributed by atoms with E-state index in [-0.39, 0.29) is 0 Å². The number of hydrogen-bond donors (Lipinski definition) is 1. The van der Waals surface area contributed by atoms with Gasteiger partial charge in [-0.1, -0.05) is 43.3 Å². The summed E-state index contributed by atoms with van der Waals surface area (Å²) in [6, 6.07) is 15.8. The molecule has 4 rings (SSSR count). The van der Waals surface area contributed by atoms with Gasteiger partial charge in [0, 0.05) is 22.6 Å². The average Bonchev–Trinajstić information content (AvgIpc) is 2.90. The lowest BCUT2D eigenvalue weighted by Crippen LogP contribution is -2.17. The van der Waals surface area contributed by atoms with Crippen molar-refractivity contribution >= 4 is 17.4 Å². The zero-order chi connectivity index (χ0) is 19.3. The van der Waals surface area contributed by atoms with E-state index >= 15 is 0 Å². The first-order valence-electron chi connectivity index (χ1n) is 9.32. The zero-order valence-corrected chi connectivity index (χ0v) is 16.7. The average molecular weight is 395 g/mol. The molecule has 1 aliphatic rings. The van der Waals surface area contributed by atoms with Crippen molar-refractivity contribution in [1.82, 2.24) is 15.2 Å². The predicted octanol–water partition coefficient (Wildman–Crippen LogP) is 4.94. The van der Waals surface area contributed by atoms with Gasteiger partial charge in [0.2, 0.25) is 11.0 Å². The van der Waals surface area contributed by atoms with Gasteiger partial charge in [-0.3, -0.25) is 0 Å². The van der Waals surface area contributed by atoms with E-state index in [1.807, 2.05) is 48.5 Å². The number of ether oxygens (including phenoxy) is 2. The Balaban J connectivity index is 1.71. The molecule has 0 unspecified atom stereocenters. The summed E-state index contributed by atoms with van der Waals surface area (Å²) in [5.74, 6) is 2.26. The monoisotopic (exact) mass is 394 g/mol. The second kappa shape index (κ2) is 8.48. The lowest BCUT2D eigenvalue weighted by Gasteiger charge is -2.19. The van der Waals surface area contributed by atoms with E-state index in [0.717, 1.165) is 41.2 Å². The highest BCUT2D eigenvalue weighted by molar-refractivity contribution is 7.99. The number of nitrogens with one attached hydrogen (secondary N) is 1. The summed E-state index contributed by atoms with van der Waals surface area (Å²) in [5, 5.41) is 12.8. The number of unbranched alkanes of at least 4 members (excludes halogenated alkanes) is 1. The number of anilines is 1. The Bertz CT molecular complexity index is 949. The van der Waals surface area contributed by atoms with Crippen molar-refractivity contribution < 1.29 is 9.47 Å². The van der Waals surface area contributed by atoms with Crippen molar-refractivity contribution in [2.75, 3.05) is 18.2 Å². The van der Waals surface area contributed by atoms with Crippen LogP contribution in [0.2, 0.25) is 0 Å². The van der Waals surface area contributed by atoms with Crippen LogP contribution in [0.25, 0.3) is 11.3 Å². The molecule has 2 aromatic carbocycles. The summed E-state index contributed by atoms with van der Waals surface area (Å²) in [6.07, 6.45) is 1.86. The topological polar surface area (TPSA) is 69.2 Å². The maximum atomic E-state index is 6.27. The van der Waals surface area contributed by atoms with E-state index in [4.69, 9.17) is 9.47 Å². The van der Waals surface area contributed by atoms with Gasteiger partial charge < -0.3 is 14.8 Å². The summed E-state index contributed by atoms with van der Waals surface area (Å²) in [5.41, 5.74) is 3.49. The van der Waals surface area contributed by atoms with Crippen LogP contribution in [-0.4, -0.2) is 28.0 Å². The van der Waals surface area contributed by atoms with Crippen LogP contribution in [0.1, 0.15) is 31.6 Å². The van der Waals surface area contributed by atoms with Gasteiger partial charge in [0.25, 0.3) is 0 Å². The van der Waals surface area contributed by atoms with E-state index < -0.39 is 6.23 Å². The van der Waals surface area contributed by atoms with Crippen LogP contribution in [-0.2, 0) is 0 Å². The highest BCUT2D eigenvalue weighted by atomic mass is 32.2. The van der Waals surface area contributed by atoms with Crippen LogP contribution < -0.4 is 14.8 Å². The molecule has 3 aromatic rings. The number of rotatable bonds is 6. The normalized spacial score (nSPS) is 14.9. The molecule has 1 aromatic heterocycles. The van der Waals surface area contributed by atoms with Gasteiger partial charge >= 0.3 is 0 Å². The highest BCUT2D eigenvalue weighted by Gasteiger charge is 2.26. The minimum absolute atomic E-state index is 0.390. The molecule has 1 N–H and O–H groups in total. The predicted molar refractivity (Wildman–Crippen MR) is 111 cm³/mol. The Morgan fingerprint density at radius 1 is 1.11 bits per heavy atom. The molecule has 1 atom stereocenters. The van der Waals surface area contributed by atoms with Crippen LogP contribution >= 0.6 is 11.8 Å². The largest absolute Gasteiger partial charge is 0.497 e. The van der Waals surface area contributed by atoms with Gasteiger partial charge in [-0.05, 0) is 36.8 Å². The summed E-state index contributed by atoms with van der Waals surface area (Å²) in [6.45, 7) is 2.17. The summed E-state index contributed by atoms with van der Waals surface area (Å²) in [4.78, 5) is 4.66. The Morgan fingerprint density at radius 3 is 2.71 bits per heavy atom. The van der Waals surface area contributed by atoms with Crippen molar-refractivity contribution in [3.63, 3.8) is 0 Å². The number of thioether (sulfide) groups is 1. The first kappa shape index (κ1) is 18.6. The number of nitrogens with zero attached hydrogens (tertiary/aromatic N) is 3. The minimum Gasteiger partial charge on any atom is -0.497 e. The Morgan fingerprint density at radius 2 is 1.93 bits per heavy atom. The number of para-hydroxylation sites is 1. The molecule has 0 aliphatic carbocycles. The van der Waals surface area contributed by atoms with Gasteiger partial charge in [-0.2, -0.15) is 4.98 Å². The molecule has 6 nitrogen and oxygen atoms in total. The molecule has 0 saturated carbocycles. The van der Waals surface area contributed by atoms with Gasteiger partial charge in [0.15, 0.2) is 11.9 Å². The van der Waals surface area contributed by atoms with Gasteiger partial charge in [0.1, 0.15) is 5.75 Å². The first-order valence-corrected chi connectivity index (χ1v) is 10.3. The van der Waals surface area contributed by atoms with Gasteiger partial charge in [-0.15, -0.1) is 10.2 Å². The molecule has 0 amide bonds. The maximum absolute atomic E-state index is 6.27. The molecule has 0 fully saturated rings. The third-order valence-corrected chi connectivity index (χ3v) is 5.41. The third kappa shape index (κ3) is 3.89. The van der Waals surface area contributed by atoms with Crippen LogP contribution in [0, 0.1) is 0 Å². The van der Waals surface area contributed by atoms with Crippen molar-refractivity contribution in [2.24, 2.45) is 0 Å². The molecule has 7 heteroatoms. The van der Waals surface area contributed by atoms with Gasteiger partial charge in [0.05, 0.1) is 7.11 Å². The fourth-order valence-corrected chi connectivity index (χ4v) is 3.81.